The summed E-state index contributed by atoms with van der Waals surface area (Å²) in [5, 5.41) is 1.34. The van der Waals surface area contributed by atoms with Crippen LogP contribution in [0, 0.1) is 5.82 Å². The van der Waals surface area contributed by atoms with Gasteiger partial charge in [0, 0.05) is 17.1 Å². The number of nitrogens with one attached hydrogen (secondary N) is 1. The van der Waals surface area contributed by atoms with E-state index in [1.165, 1.54) is 17.8 Å². The highest BCUT2D eigenvalue weighted by Gasteiger charge is 2.10. The molecule has 1 N–H and O–H groups in total. The minimum atomic E-state index is -0.221. The minimum absolute atomic E-state index is 0.221. The van der Waals surface area contributed by atoms with Gasteiger partial charge in [-0.1, -0.05) is 11.6 Å². The predicted octanol–water partition coefficient (Wildman–Crippen LogP) is 3.68. The van der Waals surface area contributed by atoms with Gasteiger partial charge in [-0.2, -0.15) is 0 Å². The predicted molar refractivity (Wildman–Crippen MR) is 55.0 cm³/mol. The Hall–Kier alpha value is -0.670. The molecule has 2 rings (SSSR count). The molecule has 0 bridgehead atoms. The van der Waals surface area contributed by atoms with E-state index in [0.29, 0.717) is 9.92 Å². The molecule has 13 heavy (non-hydrogen) atoms. The molecule has 1 aromatic carbocycles. The fraction of sp³-hybridized carbons (Fsp3) is 0.111. The average Bonchev–Trinajstić information content (AvgIpc) is 2.49. The van der Waals surface area contributed by atoms with E-state index in [2.05, 4.69) is 4.98 Å². The van der Waals surface area contributed by atoms with Gasteiger partial charge in [-0.15, -0.1) is 11.8 Å². The molecular weight excluding hydrogens is 209 g/mol. The smallest absolute Gasteiger partial charge is 0.137 e. The van der Waals surface area contributed by atoms with Gasteiger partial charge in [0.15, 0.2) is 0 Å². The zero-order chi connectivity index (χ0) is 9.42. The van der Waals surface area contributed by atoms with Gasteiger partial charge in [0.1, 0.15) is 5.82 Å². The van der Waals surface area contributed by atoms with Gasteiger partial charge < -0.3 is 4.98 Å². The Morgan fingerprint density at radius 3 is 2.92 bits per heavy atom. The lowest BCUT2D eigenvalue weighted by molar-refractivity contribution is 0.606. The van der Waals surface area contributed by atoms with Gasteiger partial charge >= 0.3 is 0 Å². The number of thioether (sulfide) groups is 1. The van der Waals surface area contributed by atoms with E-state index in [9.17, 15) is 4.39 Å². The van der Waals surface area contributed by atoms with Crippen LogP contribution in [0.2, 0.25) is 5.02 Å². The van der Waals surface area contributed by atoms with Gasteiger partial charge in [-0.3, -0.25) is 0 Å². The molecule has 0 amide bonds. The third-order valence-corrected chi connectivity index (χ3v) is 3.01. The van der Waals surface area contributed by atoms with Gasteiger partial charge in [0.25, 0.3) is 0 Å². The molecule has 0 radical (unpaired) electrons. The van der Waals surface area contributed by atoms with Crippen molar-refractivity contribution in [3.05, 3.63) is 29.2 Å². The molecular formula is C9H7ClFNS. The summed E-state index contributed by atoms with van der Waals surface area (Å²) < 4.78 is 13.3. The van der Waals surface area contributed by atoms with Crippen LogP contribution in [0.15, 0.2) is 23.2 Å². The van der Waals surface area contributed by atoms with Gasteiger partial charge in [-0.05, 0) is 18.4 Å². The third-order valence-electron chi connectivity index (χ3n) is 1.91. The molecule has 0 saturated carbocycles. The average molecular weight is 216 g/mol. The normalized spacial score (nSPS) is 11.0. The van der Waals surface area contributed by atoms with Crippen LogP contribution in [0.1, 0.15) is 0 Å². The lowest BCUT2D eigenvalue weighted by Crippen LogP contribution is -1.81. The highest BCUT2D eigenvalue weighted by Crippen LogP contribution is 2.33. The number of hydrogen-bond acceptors (Lipinski definition) is 1. The van der Waals surface area contributed by atoms with Gasteiger partial charge in [0.2, 0.25) is 0 Å². The second-order valence-corrected chi connectivity index (χ2v) is 3.86. The van der Waals surface area contributed by atoms with E-state index in [-0.39, 0.29) is 5.82 Å². The van der Waals surface area contributed by atoms with Gasteiger partial charge in [-0.25, -0.2) is 4.39 Å². The Bertz CT molecular complexity index is 452. The van der Waals surface area contributed by atoms with Crippen LogP contribution in [0.25, 0.3) is 10.9 Å². The van der Waals surface area contributed by atoms with Gasteiger partial charge in [0.05, 0.1) is 9.92 Å². The fourth-order valence-electron chi connectivity index (χ4n) is 1.33. The van der Waals surface area contributed by atoms with Crippen LogP contribution in [-0.4, -0.2) is 11.2 Å². The molecule has 1 aromatic heterocycles. The van der Waals surface area contributed by atoms with E-state index in [0.717, 1.165) is 10.9 Å². The van der Waals surface area contributed by atoms with Crippen molar-refractivity contribution < 1.29 is 4.39 Å². The van der Waals surface area contributed by atoms with Crippen LogP contribution in [0.4, 0.5) is 4.39 Å². The van der Waals surface area contributed by atoms with Crippen molar-refractivity contribution in [2.24, 2.45) is 0 Å². The first-order chi connectivity index (χ1) is 6.24. The first-order valence-electron chi connectivity index (χ1n) is 3.73. The molecule has 2 aromatic rings. The molecule has 0 fully saturated rings. The third kappa shape index (κ3) is 1.32. The van der Waals surface area contributed by atoms with Crippen molar-refractivity contribution in [1.29, 1.82) is 0 Å². The fourth-order valence-corrected chi connectivity index (χ4v) is 2.32. The Morgan fingerprint density at radius 1 is 1.46 bits per heavy atom. The molecule has 4 heteroatoms. The quantitative estimate of drug-likeness (QED) is 0.718. The molecule has 68 valence electrons. The van der Waals surface area contributed by atoms with Crippen LogP contribution in [-0.2, 0) is 0 Å². The molecule has 0 aliphatic carbocycles. The summed E-state index contributed by atoms with van der Waals surface area (Å²) in [5.41, 5.74) is 0.871. The van der Waals surface area contributed by atoms with E-state index < -0.39 is 0 Å². The summed E-state index contributed by atoms with van der Waals surface area (Å²) >= 11 is 7.28. The monoisotopic (exact) mass is 215 g/mol. The van der Waals surface area contributed by atoms with Crippen molar-refractivity contribution >= 4 is 34.3 Å². The topological polar surface area (TPSA) is 15.8 Å². The number of halogens is 2. The number of aromatic nitrogens is 1. The Labute approximate surface area is 84.3 Å². The van der Waals surface area contributed by atoms with Crippen molar-refractivity contribution in [3.8, 4) is 0 Å². The minimum Gasteiger partial charge on any atom is -0.360 e. The first kappa shape index (κ1) is 8.91. The van der Waals surface area contributed by atoms with Crippen LogP contribution in [0.5, 0.6) is 0 Å². The van der Waals surface area contributed by atoms with Crippen molar-refractivity contribution in [3.63, 3.8) is 0 Å². The van der Waals surface area contributed by atoms with E-state index in [1.54, 1.807) is 12.3 Å². The second kappa shape index (κ2) is 3.24. The number of H-pyrrole nitrogens is 1. The molecule has 0 aliphatic rings. The standard InChI is InChI=1S/C9H7ClFNS/c1-13-9-6(11)2-3-7-8(9)5(10)4-12-7/h2-4,12H,1H3. The van der Waals surface area contributed by atoms with Crippen molar-refractivity contribution in [2.75, 3.05) is 6.26 Å². The summed E-state index contributed by atoms with van der Waals surface area (Å²) in [4.78, 5) is 3.58. The Balaban J connectivity index is 2.88. The maximum absolute atomic E-state index is 13.3. The highest BCUT2D eigenvalue weighted by atomic mass is 35.5. The van der Waals surface area contributed by atoms with Crippen molar-refractivity contribution in [1.82, 2.24) is 4.98 Å². The highest BCUT2D eigenvalue weighted by molar-refractivity contribution is 7.98. The molecule has 0 unspecified atom stereocenters. The lowest BCUT2D eigenvalue weighted by Gasteiger charge is -2.00. The zero-order valence-electron chi connectivity index (χ0n) is 6.90. The summed E-state index contributed by atoms with van der Waals surface area (Å²) in [6.45, 7) is 0. The summed E-state index contributed by atoms with van der Waals surface area (Å²) in [7, 11) is 0. The van der Waals surface area contributed by atoms with Crippen LogP contribution >= 0.6 is 23.4 Å². The van der Waals surface area contributed by atoms with Crippen LogP contribution in [0.3, 0.4) is 0 Å². The SMILES string of the molecule is CSc1c(F)ccc2[nH]cc(Cl)c12. The van der Waals surface area contributed by atoms with E-state index >= 15 is 0 Å². The molecule has 0 saturated heterocycles. The summed E-state index contributed by atoms with van der Waals surface area (Å²) in [6.07, 6.45) is 3.51. The number of rotatable bonds is 1. The number of aromatic amines is 1. The molecule has 0 aliphatic heterocycles. The molecule has 1 heterocycles. The second-order valence-electron chi connectivity index (χ2n) is 2.64. The van der Waals surface area contributed by atoms with Crippen LogP contribution < -0.4 is 0 Å². The van der Waals surface area contributed by atoms with E-state index in [4.69, 9.17) is 11.6 Å². The number of hydrogen-bond donors (Lipinski definition) is 1. The largest absolute Gasteiger partial charge is 0.360 e. The number of benzene rings is 1. The zero-order valence-corrected chi connectivity index (χ0v) is 8.47. The molecule has 0 spiro atoms. The summed E-state index contributed by atoms with van der Waals surface area (Å²) in [5.74, 6) is -0.221. The molecule has 0 atom stereocenters. The maximum atomic E-state index is 13.3. The molecule has 1 nitrogen and oxygen atoms in total. The van der Waals surface area contributed by atoms with Crippen molar-refractivity contribution in [2.45, 2.75) is 4.90 Å². The first-order valence-corrected chi connectivity index (χ1v) is 5.33. The maximum Gasteiger partial charge on any atom is 0.137 e. The Morgan fingerprint density at radius 2 is 2.23 bits per heavy atom. The number of fused-ring (bicyclic) bond motifs is 1. The Kier molecular flexibility index (Phi) is 2.22. The van der Waals surface area contributed by atoms with E-state index in [1.807, 2.05) is 6.26 Å². The lowest BCUT2D eigenvalue weighted by atomic mass is 10.2. The summed E-state index contributed by atoms with van der Waals surface area (Å²) in [6, 6.07) is 3.14.